The van der Waals surface area contributed by atoms with Gasteiger partial charge >= 0.3 is 5.97 Å². The smallest absolute Gasteiger partial charge is 0.372 e. The SMILES string of the molecule is C=C(O)C(=O)OCCCCCCCCCCCCC. The van der Waals surface area contributed by atoms with E-state index < -0.39 is 11.7 Å². The van der Waals surface area contributed by atoms with E-state index in [2.05, 4.69) is 13.5 Å². The monoisotopic (exact) mass is 270 g/mol. The Hall–Kier alpha value is -0.990. The van der Waals surface area contributed by atoms with Gasteiger partial charge in [0, 0.05) is 0 Å². The van der Waals surface area contributed by atoms with Gasteiger partial charge in [-0.05, 0) is 13.0 Å². The Bertz CT molecular complexity index is 236. The lowest BCUT2D eigenvalue weighted by Gasteiger charge is -2.04. The van der Waals surface area contributed by atoms with Gasteiger partial charge in [0.05, 0.1) is 6.61 Å². The number of carbonyl (C=O) groups excluding carboxylic acids is 1. The van der Waals surface area contributed by atoms with Crippen LogP contribution < -0.4 is 0 Å². The zero-order valence-electron chi connectivity index (χ0n) is 12.5. The molecule has 3 nitrogen and oxygen atoms in total. The molecular weight excluding hydrogens is 240 g/mol. The van der Waals surface area contributed by atoms with E-state index in [1.165, 1.54) is 57.8 Å². The number of aliphatic hydroxyl groups excluding tert-OH is 1. The van der Waals surface area contributed by atoms with E-state index in [0.717, 1.165) is 12.8 Å². The average molecular weight is 270 g/mol. The van der Waals surface area contributed by atoms with Gasteiger partial charge in [-0.1, -0.05) is 71.1 Å². The van der Waals surface area contributed by atoms with Gasteiger partial charge in [0.2, 0.25) is 0 Å². The number of hydrogen-bond acceptors (Lipinski definition) is 3. The summed E-state index contributed by atoms with van der Waals surface area (Å²) >= 11 is 0. The summed E-state index contributed by atoms with van der Waals surface area (Å²) in [7, 11) is 0. The first-order valence-electron chi connectivity index (χ1n) is 7.73. The molecular formula is C16H30O3. The maximum Gasteiger partial charge on any atom is 0.372 e. The molecule has 0 atom stereocenters. The Morgan fingerprint density at radius 1 is 0.895 bits per heavy atom. The van der Waals surface area contributed by atoms with Crippen molar-refractivity contribution in [1.82, 2.24) is 0 Å². The van der Waals surface area contributed by atoms with E-state index in [0.29, 0.717) is 6.61 Å². The van der Waals surface area contributed by atoms with Crippen LogP contribution in [-0.2, 0) is 9.53 Å². The lowest BCUT2D eigenvalue weighted by atomic mass is 10.1. The van der Waals surface area contributed by atoms with Crippen LogP contribution in [0.2, 0.25) is 0 Å². The predicted octanol–water partition coefficient (Wildman–Crippen LogP) is 4.91. The number of ether oxygens (including phenoxy) is 1. The van der Waals surface area contributed by atoms with Gasteiger partial charge in [0.1, 0.15) is 0 Å². The summed E-state index contributed by atoms with van der Waals surface area (Å²) in [6.45, 7) is 5.74. The fourth-order valence-corrected chi connectivity index (χ4v) is 2.01. The van der Waals surface area contributed by atoms with Gasteiger partial charge < -0.3 is 9.84 Å². The van der Waals surface area contributed by atoms with Crippen molar-refractivity contribution in [3.05, 3.63) is 12.3 Å². The second-order valence-corrected chi connectivity index (χ2v) is 5.12. The van der Waals surface area contributed by atoms with Crippen LogP contribution >= 0.6 is 0 Å². The highest BCUT2D eigenvalue weighted by atomic mass is 16.5. The molecule has 0 aromatic heterocycles. The first-order chi connectivity index (χ1) is 9.18. The molecule has 0 aromatic carbocycles. The number of carbonyl (C=O) groups is 1. The van der Waals surface area contributed by atoms with Crippen LogP contribution in [0.3, 0.4) is 0 Å². The molecule has 0 bridgehead atoms. The van der Waals surface area contributed by atoms with Crippen molar-refractivity contribution in [2.75, 3.05) is 6.61 Å². The van der Waals surface area contributed by atoms with E-state index in [4.69, 9.17) is 9.84 Å². The van der Waals surface area contributed by atoms with Crippen LogP contribution in [0.15, 0.2) is 12.3 Å². The Balaban J connectivity index is 3.07. The Kier molecular flexibility index (Phi) is 12.7. The molecule has 0 fully saturated rings. The fourth-order valence-electron chi connectivity index (χ4n) is 2.01. The molecule has 0 aromatic rings. The molecule has 0 aliphatic heterocycles. The fraction of sp³-hybridized carbons (Fsp3) is 0.812. The molecule has 0 saturated heterocycles. The summed E-state index contributed by atoms with van der Waals surface area (Å²) in [6, 6.07) is 0. The number of hydrogen-bond donors (Lipinski definition) is 1. The summed E-state index contributed by atoms with van der Waals surface area (Å²) in [5.41, 5.74) is 0. The van der Waals surface area contributed by atoms with Gasteiger partial charge in [0.15, 0.2) is 5.76 Å². The maximum absolute atomic E-state index is 10.9. The van der Waals surface area contributed by atoms with E-state index in [-0.39, 0.29) is 0 Å². The molecule has 0 radical (unpaired) electrons. The number of unbranched alkanes of at least 4 members (excludes halogenated alkanes) is 10. The van der Waals surface area contributed by atoms with Crippen molar-refractivity contribution in [2.24, 2.45) is 0 Å². The third-order valence-electron chi connectivity index (χ3n) is 3.22. The second-order valence-electron chi connectivity index (χ2n) is 5.12. The molecule has 0 saturated carbocycles. The molecule has 0 amide bonds. The minimum Gasteiger partial charge on any atom is -0.502 e. The first-order valence-corrected chi connectivity index (χ1v) is 7.73. The van der Waals surface area contributed by atoms with Gasteiger partial charge in [-0.15, -0.1) is 0 Å². The minimum absolute atomic E-state index is 0.384. The third-order valence-corrected chi connectivity index (χ3v) is 3.22. The molecule has 19 heavy (non-hydrogen) atoms. The topological polar surface area (TPSA) is 46.5 Å². The summed E-state index contributed by atoms with van der Waals surface area (Å²) in [6.07, 6.45) is 13.9. The molecule has 0 heterocycles. The quantitative estimate of drug-likeness (QED) is 0.224. The third kappa shape index (κ3) is 13.2. The maximum atomic E-state index is 10.9. The van der Waals surface area contributed by atoms with Crippen LogP contribution in [0, 0.1) is 0 Å². The first kappa shape index (κ1) is 18.0. The highest BCUT2D eigenvalue weighted by Gasteiger charge is 2.04. The largest absolute Gasteiger partial charge is 0.502 e. The molecule has 3 heteroatoms. The van der Waals surface area contributed by atoms with Crippen LogP contribution in [0.25, 0.3) is 0 Å². The van der Waals surface area contributed by atoms with E-state index >= 15 is 0 Å². The van der Waals surface area contributed by atoms with E-state index in [1.54, 1.807) is 0 Å². The summed E-state index contributed by atoms with van der Waals surface area (Å²) in [5, 5.41) is 8.73. The van der Waals surface area contributed by atoms with Gasteiger partial charge in [0.25, 0.3) is 0 Å². The Morgan fingerprint density at radius 3 is 1.74 bits per heavy atom. The van der Waals surface area contributed by atoms with E-state index in [1.807, 2.05) is 0 Å². The average Bonchev–Trinajstić information content (AvgIpc) is 2.39. The van der Waals surface area contributed by atoms with Crippen LogP contribution in [0.5, 0.6) is 0 Å². The van der Waals surface area contributed by atoms with Crippen molar-refractivity contribution in [1.29, 1.82) is 0 Å². The van der Waals surface area contributed by atoms with Gasteiger partial charge in [-0.2, -0.15) is 0 Å². The highest BCUT2D eigenvalue weighted by molar-refractivity contribution is 5.84. The van der Waals surface area contributed by atoms with Crippen molar-refractivity contribution >= 4 is 5.97 Å². The molecule has 1 N–H and O–H groups in total. The zero-order valence-corrected chi connectivity index (χ0v) is 12.5. The standard InChI is InChI=1S/C16H30O3/c1-3-4-5-6-7-8-9-10-11-12-13-14-19-16(18)15(2)17/h17H,2-14H2,1H3. The van der Waals surface area contributed by atoms with E-state index in [9.17, 15) is 4.79 Å². The number of aliphatic hydroxyl groups is 1. The molecule has 0 aliphatic carbocycles. The molecule has 112 valence electrons. The number of rotatable bonds is 13. The normalized spacial score (nSPS) is 10.4. The predicted molar refractivity (Wildman–Crippen MR) is 79.2 cm³/mol. The zero-order chi connectivity index (χ0) is 14.3. The Morgan fingerprint density at radius 2 is 1.32 bits per heavy atom. The van der Waals surface area contributed by atoms with Crippen LogP contribution in [0.1, 0.15) is 77.6 Å². The second kappa shape index (κ2) is 13.4. The summed E-state index contributed by atoms with van der Waals surface area (Å²) in [5.74, 6) is -1.21. The lowest BCUT2D eigenvalue weighted by molar-refractivity contribution is -0.142. The van der Waals surface area contributed by atoms with Gasteiger partial charge in [-0.25, -0.2) is 4.79 Å². The van der Waals surface area contributed by atoms with Crippen molar-refractivity contribution in [3.8, 4) is 0 Å². The van der Waals surface area contributed by atoms with Crippen LogP contribution in [0.4, 0.5) is 0 Å². The lowest BCUT2D eigenvalue weighted by Crippen LogP contribution is -2.07. The Labute approximate surface area is 118 Å². The minimum atomic E-state index is -0.702. The van der Waals surface area contributed by atoms with Crippen LogP contribution in [-0.4, -0.2) is 17.7 Å². The van der Waals surface area contributed by atoms with Crippen molar-refractivity contribution < 1.29 is 14.6 Å². The molecule has 0 unspecified atom stereocenters. The summed E-state index contributed by atoms with van der Waals surface area (Å²) in [4.78, 5) is 10.9. The molecule has 0 spiro atoms. The highest BCUT2D eigenvalue weighted by Crippen LogP contribution is 2.11. The summed E-state index contributed by atoms with van der Waals surface area (Å²) < 4.78 is 4.80. The van der Waals surface area contributed by atoms with Gasteiger partial charge in [-0.3, -0.25) is 0 Å². The van der Waals surface area contributed by atoms with Crippen molar-refractivity contribution in [3.63, 3.8) is 0 Å². The molecule has 0 aliphatic rings. The van der Waals surface area contributed by atoms with Crippen molar-refractivity contribution in [2.45, 2.75) is 77.6 Å². The number of esters is 1. The molecule has 0 rings (SSSR count).